The number of amides is 1. The molecule has 0 saturated carbocycles. The Bertz CT molecular complexity index is 431. The van der Waals surface area contributed by atoms with Crippen LogP contribution in [-0.4, -0.2) is 23.9 Å². The van der Waals surface area contributed by atoms with Crippen LogP contribution in [0.15, 0.2) is 12.1 Å². The highest BCUT2D eigenvalue weighted by Crippen LogP contribution is 2.17. The Kier molecular flexibility index (Phi) is 3.51. The van der Waals surface area contributed by atoms with E-state index in [0.717, 1.165) is 25.9 Å². The number of aryl methyl sites for hydroxylation is 3. The van der Waals surface area contributed by atoms with Gasteiger partial charge in [-0.05, 0) is 55.9 Å². The molecule has 1 aromatic carbocycles. The van der Waals surface area contributed by atoms with Crippen molar-refractivity contribution in [2.45, 2.75) is 40.0 Å². The number of nitrogens with zero attached hydrogens (tertiary/aromatic N) is 1. The average Bonchev–Trinajstić information content (AvgIpc) is 2.79. The topological polar surface area (TPSA) is 20.3 Å². The molecule has 0 spiro atoms. The molecule has 0 unspecified atom stereocenters. The van der Waals surface area contributed by atoms with Crippen LogP contribution in [0.1, 0.15) is 35.1 Å². The summed E-state index contributed by atoms with van der Waals surface area (Å²) in [6.45, 7) is 8.22. The number of likely N-dealkylation sites (tertiary alicyclic amines) is 1. The zero-order valence-electron chi connectivity index (χ0n) is 11.0. The molecule has 1 fully saturated rings. The van der Waals surface area contributed by atoms with Crippen LogP contribution in [0.5, 0.6) is 0 Å². The van der Waals surface area contributed by atoms with Gasteiger partial charge in [0.15, 0.2) is 0 Å². The Morgan fingerprint density at radius 2 is 1.65 bits per heavy atom. The zero-order chi connectivity index (χ0) is 12.4. The van der Waals surface area contributed by atoms with E-state index in [1.807, 2.05) is 4.90 Å². The minimum Gasteiger partial charge on any atom is -0.342 e. The molecule has 0 N–H and O–H groups in total. The summed E-state index contributed by atoms with van der Waals surface area (Å²) in [5.74, 6) is 0.286. The molecular weight excluding hydrogens is 210 g/mol. The molecule has 0 aromatic heterocycles. The van der Waals surface area contributed by atoms with Crippen molar-refractivity contribution in [3.05, 3.63) is 34.4 Å². The molecule has 2 heteroatoms. The van der Waals surface area contributed by atoms with Crippen LogP contribution >= 0.6 is 0 Å². The summed E-state index contributed by atoms with van der Waals surface area (Å²) in [4.78, 5) is 14.1. The molecule has 1 aliphatic rings. The minimum absolute atomic E-state index is 0.286. The van der Waals surface area contributed by atoms with E-state index in [4.69, 9.17) is 0 Å². The van der Waals surface area contributed by atoms with Crippen LogP contribution in [0.3, 0.4) is 0 Å². The summed E-state index contributed by atoms with van der Waals surface area (Å²) >= 11 is 0. The van der Waals surface area contributed by atoms with E-state index in [-0.39, 0.29) is 5.91 Å². The standard InChI is InChI=1S/C15H21NO/c1-11-8-13(3)14(9-12(11)2)10-15(17)16-6-4-5-7-16/h8-9H,4-7,10H2,1-3H3. The first-order chi connectivity index (χ1) is 8.08. The molecule has 1 amide bonds. The fourth-order valence-corrected chi connectivity index (χ4v) is 2.45. The first kappa shape index (κ1) is 12.2. The molecule has 0 bridgehead atoms. The molecular formula is C15H21NO. The molecule has 0 aliphatic carbocycles. The van der Waals surface area contributed by atoms with Crippen molar-refractivity contribution in [1.29, 1.82) is 0 Å². The Balaban J connectivity index is 2.12. The van der Waals surface area contributed by atoms with Gasteiger partial charge in [-0.1, -0.05) is 12.1 Å². The monoisotopic (exact) mass is 231 g/mol. The lowest BCUT2D eigenvalue weighted by Crippen LogP contribution is -2.29. The molecule has 0 radical (unpaired) electrons. The van der Waals surface area contributed by atoms with Crippen molar-refractivity contribution in [3.63, 3.8) is 0 Å². The lowest BCUT2D eigenvalue weighted by atomic mass is 9.98. The predicted octanol–water partition coefficient (Wildman–Crippen LogP) is 2.78. The first-order valence-corrected chi connectivity index (χ1v) is 6.42. The van der Waals surface area contributed by atoms with E-state index in [0.29, 0.717) is 6.42 Å². The Hall–Kier alpha value is -1.31. The van der Waals surface area contributed by atoms with Gasteiger partial charge in [-0.15, -0.1) is 0 Å². The number of benzene rings is 1. The molecule has 1 saturated heterocycles. The third kappa shape index (κ3) is 2.68. The Morgan fingerprint density at radius 3 is 2.29 bits per heavy atom. The van der Waals surface area contributed by atoms with E-state index in [2.05, 4.69) is 32.9 Å². The number of carbonyl (C=O) groups is 1. The van der Waals surface area contributed by atoms with Gasteiger partial charge in [-0.3, -0.25) is 4.79 Å². The highest BCUT2D eigenvalue weighted by atomic mass is 16.2. The summed E-state index contributed by atoms with van der Waals surface area (Å²) in [6.07, 6.45) is 2.89. The maximum Gasteiger partial charge on any atom is 0.226 e. The molecule has 1 aromatic rings. The largest absolute Gasteiger partial charge is 0.342 e. The normalized spacial score (nSPS) is 15.4. The zero-order valence-corrected chi connectivity index (χ0v) is 11.0. The molecule has 0 atom stereocenters. The van der Waals surface area contributed by atoms with Crippen LogP contribution in [0.4, 0.5) is 0 Å². The molecule has 2 nitrogen and oxygen atoms in total. The molecule has 2 rings (SSSR count). The Labute approximate surface area is 104 Å². The highest BCUT2D eigenvalue weighted by molar-refractivity contribution is 5.79. The minimum atomic E-state index is 0.286. The molecule has 1 heterocycles. The highest BCUT2D eigenvalue weighted by Gasteiger charge is 2.18. The van der Waals surface area contributed by atoms with Gasteiger partial charge >= 0.3 is 0 Å². The van der Waals surface area contributed by atoms with Crippen molar-refractivity contribution in [3.8, 4) is 0 Å². The smallest absolute Gasteiger partial charge is 0.226 e. The van der Waals surface area contributed by atoms with Gasteiger partial charge in [0.1, 0.15) is 0 Å². The maximum atomic E-state index is 12.1. The fourth-order valence-electron chi connectivity index (χ4n) is 2.45. The third-order valence-electron chi connectivity index (χ3n) is 3.75. The summed E-state index contributed by atoms with van der Waals surface area (Å²) in [7, 11) is 0. The molecule has 17 heavy (non-hydrogen) atoms. The lowest BCUT2D eigenvalue weighted by Gasteiger charge is -2.16. The summed E-state index contributed by atoms with van der Waals surface area (Å²) in [5.41, 5.74) is 5.00. The van der Waals surface area contributed by atoms with Gasteiger partial charge < -0.3 is 4.90 Å². The fraction of sp³-hybridized carbons (Fsp3) is 0.533. The van der Waals surface area contributed by atoms with E-state index >= 15 is 0 Å². The van der Waals surface area contributed by atoms with Crippen molar-refractivity contribution in [2.75, 3.05) is 13.1 Å². The summed E-state index contributed by atoms with van der Waals surface area (Å²) < 4.78 is 0. The predicted molar refractivity (Wildman–Crippen MR) is 70.2 cm³/mol. The molecule has 1 aliphatic heterocycles. The van der Waals surface area contributed by atoms with Gasteiger partial charge in [-0.2, -0.15) is 0 Å². The van der Waals surface area contributed by atoms with E-state index in [9.17, 15) is 4.79 Å². The second-order valence-electron chi connectivity index (χ2n) is 5.13. The van der Waals surface area contributed by atoms with Crippen LogP contribution in [-0.2, 0) is 11.2 Å². The quantitative estimate of drug-likeness (QED) is 0.766. The van der Waals surface area contributed by atoms with Gasteiger partial charge in [0, 0.05) is 13.1 Å². The van der Waals surface area contributed by atoms with Crippen LogP contribution in [0.2, 0.25) is 0 Å². The number of carbonyl (C=O) groups excluding carboxylic acids is 1. The van der Waals surface area contributed by atoms with Crippen molar-refractivity contribution in [2.24, 2.45) is 0 Å². The van der Waals surface area contributed by atoms with Gasteiger partial charge in [-0.25, -0.2) is 0 Å². The van der Waals surface area contributed by atoms with Crippen LogP contribution < -0.4 is 0 Å². The van der Waals surface area contributed by atoms with Crippen molar-refractivity contribution in [1.82, 2.24) is 4.90 Å². The van der Waals surface area contributed by atoms with Crippen LogP contribution in [0.25, 0.3) is 0 Å². The van der Waals surface area contributed by atoms with Crippen LogP contribution in [0, 0.1) is 20.8 Å². The van der Waals surface area contributed by atoms with Crippen molar-refractivity contribution >= 4 is 5.91 Å². The summed E-state index contributed by atoms with van der Waals surface area (Å²) in [6, 6.07) is 4.35. The number of hydrogen-bond acceptors (Lipinski definition) is 1. The van der Waals surface area contributed by atoms with E-state index < -0.39 is 0 Å². The second kappa shape index (κ2) is 4.91. The molecule has 92 valence electrons. The van der Waals surface area contributed by atoms with E-state index in [1.165, 1.54) is 22.3 Å². The third-order valence-corrected chi connectivity index (χ3v) is 3.75. The maximum absolute atomic E-state index is 12.1. The average molecular weight is 231 g/mol. The van der Waals surface area contributed by atoms with Gasteiger partial charge in [0.2, 0.25) is 5.91 Å². The number of rotatable bonds is 2. The summed E-state index contributed by atoms with van der Waals surface area (Å²) in [5, 5.41) is 0. The van der Waals surface area contributed by atoms with Gasteiger partial charge in [0.05, 0.1) is 6.42 Å². The van der Waals surface area contributed by atoms with Gasteiger partial charge in [0.25, 0.3) is 0 Å². The SMILES string of the molecule is Cc1cc(C)c(CC(=O)N2CCCC2)cc1C. The second-order valence-corrected chi connectivity index (χ2v) is 5.13. The van der Waals surface area contributed by atoms with Crippen molar-refractivity contribution < 1.29 is 4.79 Å². The Morgan fingerprint density at radius 1 is 1.06 bits per heavy atom. The lowest BCUT2D eigenvalue weighted by molar-refractivity contribution is -0.129. The first-order valence-electron chi connectivity index (χ1n) is 6.42. The van der Waals surface area contributed by atoms with E-state index in [1.54, 1.807) is 0 Å². The number of hydrogen-bond donors (Lipinski definition) is 0.